The highest BCUT2D eigenvalue weighted by Gasteiger charge is 2.43. The molecule has 2 aliphatic heterocycles. The van der Waals surface area contributed by atoms with Gasteiger partial charge in [0.05, 0.1) is 6.54 Å². The largest absolute Gasteiger partial charge is 0.465 e. The van der Waals surface area contributed by atoms with Gasteiger partial charge in [-0.15, -0.1) is 0 Å². The lowest BCUT2D eigenvalue weighted by molar-refractivity contribution is 0.139. The van der Waals surface area contributed by atoms with E-state index in [-0.39, 0.29) is 5.54 Å². The molecule has 1 aliphatic carbocycles. The van der Waals surface area contributed by atoms with E-state index in [1.807, 2.05) is 36.6 Å². The molecule has 0 radical (unpaired) electrons. The van der Waals surface area contributed by atoms with Crippen LogP contribution in [0.1, 0.15) is 0 Å². The van der Waals surface area contributed by atoms with Crippen LogP contribution < -0.4 is 5.32 Å². The van der Waals surface area contributed by atoms with Gasteiger partial charge in [0.25, 0.3) is 0 Å². The molecule has 0 aromatic carbocycles. The summed E-state index contributed by atoms with van der Waals surface area (Å²) in [5, 5.41) is 12.3. The summed E-state index contributed by atoms with van der Waals surface area (Å²) >= 11 is 0. The van der Waals surface area contributed by atoms with Crippen molar-refractivity contribution in [3.63, 3.8) is 0 Å². The zero-order valence-electron chi connectivity index (χ0n) is 8.68. The van der Waals surface area contributed by atoms with Gasteiger partial charge in [-0.25, -0.2) is 4.79 Å². The first kappa shape index (κ1) is 9.27. The lowest BCUT2D eigenvalue weighted by Crippen LogP contribution is -2.56. The SMILES string of the molecule is O=C(O)N1CC=C2C=CC=C3C=CNC32C1. The van der Waals surface area contributed by atoms with Crippen LogP contribution in [0.2, 0.25) is 0 Å². The normalized spacial score (nSPS) is 30.1. The molecule has 1 spiro atoms. The van der Waals surface area contributed by atoms with Crippen molar-refractivity contribution >= 4 is 6.09 Å². The van der Waals surface area contributed by atoms with Crippen LogP contribution in [-0.2, 0) is 0 Å². The van der Waals surface area contributed by atoms with Crippen LogP contribution in [0.4, 0.5) is 4.79 Å². The monoisotopic (exact) mass is 216 g/mol. The molecule has 1 atom stereocenters. The minimum Gasteiger partial charge on any atom is -0.465 e. The van der Waals surface area contributed by atoms with Gasteiger partial charge in [0.15, 0.2) is 0 Å². The van der Waals surface area contributed by atoms with Gasteiger partial charge in [-0.1, -0.05) is 24.3 Å². The number of carboxylic acid groups (broad SMARTS) is 1. The van der Waals surface area contributed by atoms with E-state index in [0.29, 0.717) is 13.1 Å². The molecule has 4 heteroatoms. The summed E-state index contributed by atoms with van der Waals surface area (Å²) in [5.41, 5.74) is 1.95. The summed E-state index contributed by atoms with van der Waals surface area (Å²) in [6, 6.07) is 0. The summed E-state index contributed by atoms with van der Waals surface area (Å²) in [4.78, 5) is 12.5. The van der Waals surface area contributed by atoms with Crippen LogP contribution >= 0.6 is 0 Å². The molecule has 16 heavy (non-hydrogen) atoms. The molecule has 2 N–H and O–H groups in total. The first-order valence-corrected chi connectivity index (χ1v) is 5.24. The first-order chi connectivity index (χ1) is 7.72. The summed E-state index contributed by atoms with van der Waals surface area (Å²) in [7, 11) is 0. The van der Waals surface area contributed by atoms with Crippen molar-refractivity contribution in [2.45, 2.75) is 5.54 Å². The topological polar surface area (TPSA) is 52.6 Å². The number of hydrogen-bond acceptors (Lipinski definition) is 2. The van der Waals surface area contributed by atoms with Crippen molar-refractivity contribution in [1.29, 1.82) is 0 Å². The highest BCUT2D eigenvalue weighted by molar-refractivity contribution is 5.68. The molecule has 3 aliphatic rings. The van der Waals surface area contributed by atoms with E-state index in [2.05, 4.69) is 5.32 Å². The molecule has 0 bridgehead atoms. The minimum absolute atomic E-state index is 0.342. The van der Waals surface area contributed by atoms with Crippen molar-refractivity contribution in [3.8, 4) is 0 Å². The highest BCUT2D eigenvalue weighted by Crippen LogP contribution is 2.37. The lowest BCUT2D eigenvalue weighted by atomic mass is 9.78. The number of nitrogens with one attached hydrogen (secondary N) is 1. The van der Waals surface area contributed by atoms with Gasteiger partial charge in [-0.3, -0.25) is 0 Å². The van der Waals surface area contributed by atoms with Crippen LogP contribution in [0.3, 0.4) is 0 Å². The standard InChI is InChI=1S/C12H12N2O2/c15-11(16)14-7-5-10-3-1-2-9-4-6-13-12(9,10)8-14/h1-6,13H,7-8H2,(H,15,16). The Bertz CT molecular complexity index is 473. The Balaban J connectivity index is 2.05. The lowest BCUT2D eigenvalue weighted by Gasteiger charge is -2.41. The number of rotatable bonds is 0. The van der Waals surface area contributed by atoms with Gasteiger partial charge in [-0.05, 0) is 23.4 Å². The third-order valence-corrected chi connectivity index (χ3v) is 3.36. The fraction of sp³-hybridized carbons (Fsp3) is 0.250. The molecule has 0 saturated carbocycles. The molecule has 1 amide bonds. The number of nitrogens with zero attached hydrogens (tertiary/aromatic N) is 1. The van der Waals surface area contributed by atoms with Crippen molar-refractivity contribution in [1.82, 2.24) is 10.2 Å². The molecule has 82 valence electrons. The second-order valence-corrected chi connectivity index (χ2v) is 4.19. The van der Waals surface area contributed by atoms with E-state index in [4.69, 9.17) is 5.11 Å². The molecular weight excluding hydrogens is 204 g/mol. The van der Waals surface area contributed by atoms with Gasteiger partial charge >= 0.3 is 6.09 Å². The van der Waals surface area contributed by atoms with Crippen molar-refractivity contribution in [2.24, 2.45) is 0 Å². The Morgan fingerprint density at radius 2 is 2.31 bits per heavy atom. The Morgan fingerprint density at radius 1 is 1.44 bits per heavy atom. The number of carbonyl (C=O) groups is 1. The van der Waals surface area contributed by atoms with Gasteiger partial charge in [0, 0.05) is 6.54 Å². The summed E-state index contributed by atoms with van der Waals surface area (Å²) in [6.07, 6.45) is 11.1. The Hall–Kier alpha value is -1.97. The summed E-state index contributed by atoms with van der Waals surface area (Å²) in [5.74, 6) is 0. The summed E-state index contributed by atoms with van der Waals surface area (Å²) in [6.45, 7) is 0.934. The Labute approximate surface area is 93.2 Å². The molecule has 0 fully saturated rings. The molecule has 0 saturated heterocycles. The predicted octanol–water partition coefficient (Wildman–Crippen LogP) is 1.26. The van der Waals surface area contributed by atoms with Crippen molar-refractivity contribution in [2.75, 3.05) is 13.1 Å². The van der Waals surface area contributed by atoms with E-state index in [1.54, 1.807) is 0 Å². The van der Waals surface area contributed by atoms with E-state index >= 15 is 0 Å². The minimum atomic E-state index is -0.868. The molecular formula is C12H12N2O2. The molecule has 3 rings (SSSR count). The number of hydrogen-bond donors (Lipinski definition) is 2. The van der Waals surface area contributed by atoms with E-state index in [1.165, 1.54) is 4.90 Å². The molecule has 2 heterocycles. The first-order valence-electron chi connectivity index (χ1n) is 5.24. The number of amides is 1. The molecule has 0 aromatic rings. The maximum Gasteiger partial charge on any atom is 0.407 e. The average Bonchev–Trinajstić information content (AvgIpc) is 2.69. The van der Waals surface area contributed by atoms with Gasteiger partial charge in [-0.2, -0.15) is 0 Å². The summed E-state index contributed by atoms with van der Waals surface area (Å²) < 4.78 is 0. The maximum atomic E-state index is 11.0. The molecule has 0 aromatic heterocycles. The fourth-order valence-electron chi connectivity index (χ4n) is 2.52. The van der Waals surface area contributed by atoms with Crippen molar-refractivity contribution in [3.05, 3.63) is 47.7 Å². The van der Waals surface area contributed by atoms with Gasteiger partial charge < -0.3 is 15.3 Å². The number of allylic oxidation sites excluding steroid dienone is 2. The second-order valence-electron chi connectivity index (χ2n) is 4.19. The van der Waals surface area contributed by atoms with Gasteiger partial charge in [0.2, 0.25) is 0 Å². The van der Waals surface area contributed by atoms with Crippen LogP contribution in [-0.4, -0.2) is 34.7 Å². The van der Waals surface area contributed by atoms with Crippen LogP contribution in [0.5, 0.6) is 0 Å². The quantitative estimate of drug-likeness (QED) is 0.641. The zero-order valence-corrected chi connectivity index (χ0v) is 8.68. The fourth-order valence-corrected chi connectivity index (χ4v) is 2.52. The average molecular weight is 216 g/mol. The zero-order chi connectivity index (χ0) is 11.2. The highest BCUT2D eigenvalue weighted by atomic mass is 16.4. The third kappa shape index (κ3) is 1.07. The van der Waals surface area contributed by atoms with Crippen LogP contribution in [0.15, 0.2) is 47.7 Å². The van der Waals surface area contributed by atoms with Gasteiger partial charge in [0.1, 0.15) is 5.54 Å². The van der Waals surface area contributed by atoms with E-state index in [0.717, 1.165) is 11.1 Å². The second kappa shape index (κ2) is 3.01. The van der Waals surface area contributed by atoms with E-state index < -0.39 is 6.09 Å². The van der Waals surface area contributed by atoms with E-state index in [9.17, 15) is 4.79 Å². The Morgan fingerprint density at radius 3 is 3.12 bits per heavy atom. The smallest absolute Gasteiger partial charge is 0.407 e. The predicted molar refractivity (Wildman–Crippen MR) is 59.9 cm³/mol. The molecule has 1 unspecified atom stereocenters. The third-order valence-electron chi connectivity index (χ3n) is 3.36. The van der Waals surface area contributed by atoms with Crippen LogP contribution in [0, 0.1) is 0 Å². The Kier molecular flexibility index (Phi) is 1.74. The maximum absolute atomic E-state index is 11.0. The van der Waals surface area contributed by atoms with Crippen molar-refractivity contribution < 1.29 is 9.90 Å². The molecule has 4 nitrogen and oxygen atoms in total. The van der Waals surface area contributed by atoms with Crippen LogP contribution in [0.25, 0.3) is 0 Å².